The van der Waals surface area contributed by atoms with Crippen molar-refractivity contribution in [3.8, 4) is 0 Å². The van der Waals surface area contributed by atoms with Crippen LogP contribution in [0.5, 0.6) is 0 Å². The predicted molar refractivity (Wildman–Crippen MR) is 72.8 cm³/mol. The van der Waals surface area contributed by atoms with E-state index in [1.54, 1.807) is 0 Å². The number of para-hydroxylation sites is 1. The zero-order chi connectivity index (χ0) is 12.8. The SMILES string of the molecule is Cc1cccc(C)c1NC(=O)CSC(N)=NN. The lowest BCUT2D eigenvalue weighted by Gasteiger charge is -2.10. The van der Waals surface area contributed by atoms with E-state index >= 15 is 0 Å². The number of hydrazone groups is 1. The fraction of sp³-hybridized carbons (Fsp3) is 0.273. The first-order valence-corrected chi connectivity index (χ1v) is 6.05. The third kappa shape index (κ3) is 3.99. The van der Waals surface area contributed by atoms with Crippen LogP contribution >= 0.6 is 11.8 Å². The van der Waals surface area contributed by atoms with Gasteiger partial charge in [-0.3, -0.25) is 4.79 Å². The van der Waals surface area contributed by atoms with Crippen LogP contribution in [-0.2, 0) is 4.79 Å². The van der Waals surface area contributed by atoms with E-state index in [0.717, 1.165) is 28.6 Å². The van der Waals surface area contributed by atoms with Gasteiger partial charge in [0.25, 0.3) is 0 Å². The monoisotopic (exact) mass is 252 g/mol. The molecule has 92 valence electrons. The fourth-order valence-corrected chi connectivity index (χ4v) is 1.79. The van der Waals surface area contributed by atoms with Crippen LogP contribution < -0.4 is 16.9 Å². The number of anilines is 1. The summed E-state index contributed by atoms with van der Waals surface area (Å²) < 4.78 is 0. The van der Waals surface area contributed by atoms with Gasteiger partial charge in [0.05, 0.1) is 5.75 Å². The number of nitrogens with two attached hydrogens (primary N) is 2. The second kappa shape index (κ2) is 6.15. The van der Waals surface area contributed by atoms with Gasteiger partial charge in [-0.2, -0.15) is 5.10 Å². The Kier molecular flexibility index (Phi) is 4.84. The number of nitrogens with one attached hydrogen (secondary N) is 1. The molecule has 5 nitrogen and oxygen atoms in total. The Morgan fingerprint density at radius 2 is 2.00 bits per heavy atom. The Morgan fingerprint density at radius 1 is 1.41 bits per heavy atom. The average Bonchev–Trinajstić information content (AvgIpc) is 2.31. The lowest BCUT2D eigenvalue weighted by molar-refractivity contribution is -0.113. The molecule has 0 saturated heterocycles. The first-order valence-electron chi connectivity index (χ1n) is 5.06. The highest BCUT2D eigenvalue weighted by Gasteiger charge is 2.07. The molecule has 0 spiro atoms. The number of amidine groups is 1. The molecular weight excluding hydrogens is 236 g/mol. The first-order chi connectivity index (χ1) is 8.04. The van der Waals surface area contributed by atoms with Crippen molar-refractivity contribution in [2.24, 2.45) is 16.7 Å². The molecule has 0 aliphatic rings. The topological polar surface area (TPSA) is 93.5 Å². The summed E-state index contributed by atoms with van der Waals surface area (Å²) in [4.78, 5) is 11.7. The highest BCUT2D eigenvalue weighted by atomic mass is 32.2. The molecular formula is C11H16N4OS. The third-order valence-corrected chi connectivity index (χ3v) is 3.03. The van der Waals surface area contributed by atoms with Crippen LogP contribution in [0.15, 0.2) is 23.3 Å². The molecule has 0 heterocycles. The Bertz CT molecular complexity index is 425. The number of aryl methyl sites for hydroxylation is 2. The van der Waals surface area contributed by atoms with Gasteiger partial charge in [-0.1, -0.05) is 30.0 Å². The molecule has 5 N–H and O–H groups in total. The summed E-state index contributed by atoms with van der Waals surface area (Å²) in [6.45, 7) is 3.90. The lowest BCUT2D eigenvalue weighted by atomic mass is 10.1. The molecule has 0 atom stereocenters. The predicted octanol–water partition coefficient (Wildman–Crippen LogP) is 1.16. The van der Waals surface area contributed by atoms with Crippen LogP contribution in [0.2, 0.25) is 0 Å². The minimum Gasteiger partial charge on any atom is -0.377 e. The van der Waals surface area contributed by atoms with E-state index in [1.165, 1.54) is 0 Å². The number of rotatable bonds is 3. The number of amides is 1. The Balaban J connectivity index is 2.62. The highest BCUT2D eigenvalue weighted by molar-refractivity contribution is 8.14. The van der Waals surface area contributed by atoms with Gasteiger partial charge >= 0.3 is 0 Å². The standard InChI is InChI=1S/C11H16N4OS/c1-7-4-3-5-8(2)10(7)14-9(16)6-17-11(12)15-13/h3-5H,6,13H2,1-2H3,(H2,12,15)(H,14,16). The van der Waals surface area contributed by atoms with Gasteiger partial charge in [-0.25, -0.2) is 0 Å². The van der Waals surface area contributed by atoms with E-state index in [-0.39, 0.29) is 16.8 Å². The summed E-state index contributed by atoms with van der Waals surface area (Å²) >= 11 is 1.11. The number of carbonyl (C=O) groups excluding carboxylic acids is 1. The largest absolute Gasteiger partial charge is 0.377 e. The van der Waals surface area contributed by atoms with Crippen molar-refractivity contribution in [1.82, 2.24) is 0 Å². The molecule has 0 bridgehead atoms. The molecule has 0 fully saturated rings. The zero-order valence-electron chi connectivity index (χ0n) is 9.86. The molecule has 0 unspecified atom stereocenters. The maximum atomic E-state index is 11.7. The van der Waals surface area contributed by atoms with Crippen LogP contribution in [0.3, 0.4) is 0 Å². The summed E-state index contributed by atoms with van der Waals surface area (Å²) in [5.74, 6) is 5.04. The van der Waals surface area contributed by atoms with Crippen molar-refractivity contribution >= 4 is 28.5 Å². The van der Waals surface area contributed by atoms with Crippen LogP contribution in [0.4, 0.5) is 5.69 Å². The smallest absolute Gasteiger partial charge is 0.234 e. The van der Waals surface area contributed by atoms with Crippen LogP contribution in [0.1, 0.15) is 11.1 Å². The Hall–Kier alpha value is -1.69. The number of hydrogen-bond acceptors (Lipinski definition) is 4. The molecule has 0 aliphatic carbocycles. The van der Waals surface area contributed by atoms with Crippen molar-refractivity contribution < 1.29 is 4.79 Å². The summed E-state index contributed by atoms with van der Waals surface area (Å²) in [6, 6.07) is 5.85. The van der Waals surface area contributed by atoms with E-state index in [0.29, 0.717) is 0 Å². The molecule has 1 aromatic rings. The Labute approximate surface area is 105 Å². The third-order valence-electron chi connectivity index (χ3n) is 2.22. The van der Waals surface area contributed by atoms with E-state index in [4.69, 9.17) is 11.6 Å². The summed E-state index contributed by atoms with van der Waals surface area (Å²) in [5.41, 5.74) is 8.29. The molecule has 1 aromatic carbocycles. The lowest BCUT2D eigenvalue weighted by Crippen LogP contribution is -2.19. The first kappa shape index (κ1) is 13.4. The van der Waals surface area contributed by atoms with Crippen LogP contribution in [-0.4, -0.2) is 16.8 Å². The number of carbonyl (C=O) groups is 1. The van der Waals surface area contributed by atoms with E-state index in [1.807, 2.05) is 32.0 Å². The second-order valence-corrected chi connectivity index (χ2v) is 4.57. The van der Waals surface area contributed by atoms with Crippen LogP contribution in [0.25, 0.3) is 0 Å². The van der Waals surface area contributed by atoms with Crippen LogP contribution in [0, 0.1) is 13.8 Å². The molecule has 0 aliphatic heterocycles. The zero-order valence-corrected chi connectivity index (χ0v) is 10.7. The van der Waals surface area contributed by atoms with E-state index in [9.17, 15) is 4.79 Å². The summed E-state index contributed by atoms with van der Waals surface area (Å²) in [6.07, 6.45) is 0. The molecule has 1 amide bonds. The summed E-state index contributed by atoms with van der Waals surface area (Å²) in [7, 11) is 0. The molecule has 17 heavy (non-hydrogen) atoms. The van der Waals surface area contributed by atoms with Crippen molar-refractivity contribution in [2.75, 3.05) is 11.1 Å². The summed E-state index contributed by atoms with van der Waals surface area (Å²) in [5, 5.41) is 6.32. The molecule has 1 rings (SSSR count). The fourth-order valence-electron chi connectivity index (χ4n) is 1.36. The van der Waals surface area contributed by atoms with Crippen molar-refractivity contribution in [3.05, 3.63) is 29.3 Å². The maximum Gasteiger partial charge on any atom is 0.234 e. The number of nitrogens with zero attached hydrogens (tertiary/aromatic N) is 1. The van der Waals surface area contributed by atoms with E-state index < -0.39 is 0 Å². The van der Waals surface area contributed by atoms with Gasteiger partial charge in [0, 0.05) is 5.69 Å². The van der Waals surface area contributed by atoms with Crippen molar-refractivity contribution in [2.45, 2.75) is 13.8 Å². The minimum absolute atomic E-state index is 0.126. The Morgan fingerprint density at radius 3 is 2.53 bits per heavy atom. The van der Waals surface area contributed by atoms with Gasteiger partial charge in [-0.15, -0.1) is 0 Å². The van der Waals surface area contributed by atoms with Gasteiger partial charge in [-0.05, 0) is 25.0 Å². The van der Waals surface area contributed by atoms with Gasteiger partial charge < -0.3 is 16.9 Å². The number of hydrogen-bond donors (Lipinski definition) is 3. The molecule has 0 saturated carbocycles. The number of benzene rings is 1. The maximum absolute atomic E-state index is 11.7. The van der Waals surface area contributed by atoms with Gasteiger partial charge in [0.15, 0.2) is 5.17 Å². The van der Waals surface area contributed by atoms with Crippen molar-refractivity contribution in [1.29, 1.82) is 0 Å². The molecule has 0 radical (unpaired) electrons. The molecule has 6 heteroatoms. The van der Waals surface area contributed by atoms with E-state index in [2.05, 4.69) is 10.4 Å². The number of thioether (sulfide) groups is 1. The second-order valence-electron chi connectivity index (χ2n) is 3.57. The average molecular weight is 252 g/mol. The van der Waals surface area contributed by atoms with Gasteiger partial charge in [0.2, 0.25) is 5.91 Å². The molecule has 0 aromatic heterocycles. The minimum atomic E-state index is -0.126. The normalized spacial score (nSPS) is 11.3. The quantitative estimate of drug-likeness (QED) is 0.326. The van der Waals surface area contributed by atoms with Crippen molar-refractivity contribution in [3.63, 3.8) is 0 Å². The highest BCUT2D eigenvalue weighted by Crippen LogP contribution is 2.19. The van der Waals surface area contributed by atoms with Gasteiger partial charge in [0.1, 0.15) is 0 Å².